The Balaban J connectivity index is 2.03. The van der Waals surface area contributed by atoms with Gasteiger partial charge in [-0.3, -0.25) is 0 Å². The lowest BCUT2D eigenvalue weighted by molar-refractivity contribution is 0.208. The highest BCUT2D eigenvalue weighted by molar-refractivity contribution is 4.82. The molecule has 1 atom stereocenters. The van der Waals surface area contributed by atoms with Gasteiger partial charge < -0.3 is 4.90 Å². The molecule has 11 heavy (non-hydrogen) atoms. The molecule has 64 valence electrons. The molecule has 3 aliphatic rings. The van der Waals surface area contributed by atoms with E-state index in [-0.39, 0.29) is 0 Å². The highest BCUT2D eigenvalue weighted by Crippen LogP contribution is 2.33. The third-order valence-electron chi connectivity index (χ3n) is 3.64. The van der Waals surface area contributed by atoms with Crippen molar-refractivity contribution in [1.82, 2.24) is 4.90 Å². The maximum atomic E-state index is 2.64. The van der Waals surface area contributed by atoms with Crippen LogP contribution < -0.4 is 0 Å². The molecule has 3 aliphatic heterocycles. The van der Waals surface area contributed by atoms with Crippen LogP contribution >= 0.6 is 0 Å². The molecule has 3 heterocycles. The Bertz CT molecular complexity index is 125. The van der Waals surface area contributed by atoms with Crippen molar-refractivity contribution < 1.29 is 0 Å². The fourth-order valence-corrected chi connectivity index (χ4v) is 2.77. The Labute approximate surface area is 69.8 Å². The molecular weight excluding hydrogens is 134 g/mol. The van der Waals surface area contributed by atoms with Crippen molar-refractivity contribution in [2.45, 2.75) is 32.6 Å². The minimum absolute atomic E-state index is 1.06. The monoisotopic (exact) mass is 153 g/mol. The van der Waals surface area contributed by atoms with E-state index < -0.39 is 0 Å². The number of piperidine rings is 1. The molecule has 3 fully saturated rings. The maximum absolute atomic E-state index is 2.64. The minimum Gasteiger partial charge on any atom is -0.303 e. The summed E-state index contributed by atoms with van der Waals surface area (Å²) in [6.07, 6.45) is 5.86. The van der Waals surface area contributed by atoms with E-state index in [9.17, 15) is 0 Å². The first kappa shape index (κ1) is 7.60. The van der Waals surface area contributed by atoms with Crippen LogP contribution in [0.3, 0.4) is 0 Å². The Morgan fingerprint density at radius 2 is 1.73 bits per heavy atom. The predicted molar refractivity (Wildman–Crippen MR) is 47.6 cm³/mol. The molecular formula is C10H19N. The van der Waals surface area contributed by atoms with Crippen LogP contribution in [0.4, 0.5) is 0 Å². The van der Waals surface area contributed by atoms with Crippen molar-refractivity contribution in [1.29, 1.82) is 0 Å². The van der Waals surface area contributed by atoms with Crippen LogP contribution in [-0.2, 0) is 0 Å². The van der Waals surface area contributed by atoms with Crippen LogP contribution in [0.1, 0.15) is 32.6 Å². The van der Waals surface area contributed by atoms with Gasteiger partial charge in [-0.05, 0) is 50.7 Å². The number of hydrogen-bond acceptors (Lipinski definition) is 1. The molecule has 0 N–H and O–H groups in total. The molecule has 1 unspecified atom stereocenters. The van der Waals surface area contributed by atoms with Crippen molar-refractivity contribution in [3.63, 3.8) is 0 Å². The summed E-state index contributed by atoms with van der Waals surface area (Å²) in [6.45, 7) is 6.52. The molecule has 0 aliphatic carbocycles. The van der Waals surface area contributed by atoms with Gasteiger partial charge >= 0.3 is 0 Å². The van der Waals surface area contributed by atoms with Gasteiger partial charge in [0.1, 0.15) is 0 Å². The van der Waals surface area contributed by atoms with Crippen LogP contribution in [-0.4, -0.2) is 24.5 Å². The van der Waals surface area contributed by atoms with Gasteiger partial charge in [0.25, 0.3) is 0 Å². The topological polar surface area (TPSA) is 3.24 Å². The van der Waals surface area contributed by atoms with Crippen molar-refractivity contribution in [2.24, 2.45) is 11.8 Å². The van der Waals surface area contributed by atoms with Crippen LogP contribution in [0.15, 0.2) is 0 Å². The summed E-state index contributed by atoms with van der Waals surface area (Å²) < 4.78 is 0. The Morgan fingerprint density at radius 3 is 2.36 bits per heavy atom. The lowest BCUT2D eigenvalue weighted by Gasteiger charge is -2.28. The number of fused-ring (bicyclic) bond motifs is 4. The SMILES string of the molecule is CCC1CCN2CCC1CC2. The van der Waals surface area contributed by atoms with Gasteiger partial charge in [-0.25, -0.2) is 0 Å². The van der Waals surface area contributed by atoms with E-state index >= 15 is 0 Å². The van der Waals surface area contributed by atoms with E-state index in [0.717, 1.165) is 11.8 Å². The second-order valence-electron chi connectivity index (χ2n) is 4.14. The van der Waals surface area contributed by atoms with E-state index in [1.165, 1.54) is 45.3 Å². The number of hydrogen-bond donors (Lipinski definition) is 0. The summed E-state index contributed by atoms with van der Waals surface area (Å²) in [6, 6.07) is 0. The number of rotatable bonds is 1. The maximum Gasteiger partial charge on any atom is -0.00160 e. The van der Waals surface area contributed by atoms with Gasteiger partial charge in [0.15, 0.2) is 0 Å². The zero-order valence-corrected chi connectivity index (χ0v) is 7.55. The van der Waals surface area contributed by atoms with Crippen LogP contribution in [0, 0.1) is 11.8 Å². The molecule has 0 aromatic rings. The molecule has 0 radical (unpaired) electrons. The Kier molecular flexibility index (Phi) is 2.17. The Hall–Kier alpha value is -0.0400. The van der Waals surface area contributed by atoms with Crippen molar-refractivity contribution in [3.05, 3.63) is 0 Å². The summed E-state index contributed by atoms with van der Waals surface area (Å²) >= 11 is 0. The highest BCUT2D eigenvalue weighted by atomic mass is 15.1. The molecule has 0 spiro atoms. The van der Waals surface area contributed by atoms with Crippen LogP contribution in [0.2, 0.25) is 0 Å². The lowest BCUT2D eigenvalue weighted by Crippen LogP contribution is -2.30. The smallest absolute Gasteiger partial charge is 0.00160 e. The molecule has 2 bridgehead atoms. The van der Waals surface area contributed by atoms with Gasteiger partial charge in [0, 0.05) is 0 Å². The van der Waals surface area contributed by atoms with E-state index in [2.05, 4.69) is 11.8 Å². The molecule has 1 nitrogen and oxygen atoms in total. The van der Waals surface area contributed by atoms with Crippen molar-refractivity contribution >= 4 is 0 Å². The number of nitrogens with zero attached hydrogens (tertiary/aromatic N) is 1. The third kappa shape index (κ3) is 1.44. The van der Waals surface area contributed by atoms with Gasteiger partial charge in [-0.1, -0.05) is 13.3 Å². The van der Waals surface area contributed by atoms with E-state index in [4.69, 9.17) is 0 Å². The molecule has 1 heteroatoms. The predicted octanol–water partition coefficient (Wildman–Crippen LogP) is 2.13. The fraction of sp³-hybridized carbons (Fsp3) is 1.00. The van der Waals surface area contributed by atoms with Crippen molar-refractivity contribution in [3.8, 4) is 0 Å². The largest absolute Gasteiger partial charge is 0.303 e. The summed E-state index contributed by atoms with van der Waals surface area (Å²) in [5.41, 5.74) is 0. The fourth-order valence-electron chi connectivity index (χ4n) is 2.77. The van der Waals surface area contributed by atoms with Crippen molar-refractivity contribution in [2.75, 3.05) is 19.6 Å². The summed E-state index contributed by atoms with van der Waals surface area (Å²) in [4.78, 5) is 2.64. The van der Waals surface area contributed by atoms with Crippen LogP contribution in [0.25, 0.3) is 0 Å². The highest BCUT2D eigenvalue weighted by Gasteiger charge is 2.29. The first-order chi connectivity index (χ1) is 5.40. The zero-order valence-electron chi connectivity index (χ0n) is 7.55. The lowest BCUT2D eigenvalue weighted by atomic mass is 9.83. The first-order valence-corrected chi connectivity index (χ1v) is 5.12. The molecule has 3 saturated heterocycles. The summed E-state index contributed by atoms with van der Waals surface area (Å²) in [5.74, 6) is 2.14. The third-order valence-corrected chi connectivity index (χ3v) is 3.64. The van der Waals surface area contributed by atoms with Gasteiger partial charge in [-0.2, -0.15) is 0 Å². The minimum atomic E-state index is 1.06. The molecule has 3 rings (SSSR count). The summed E-state index contributed by atoms with van der Waals surface area (Å²) in [7, 11) is 0. The molecule has 0 saturated carbocycles. The first-order valence-electron chi connectivity index (χ1n) is 5.12. The molecule has 0 aromatic carbocycles. The quantitative estimate of drug-likeness (QED) is 0.558. The second-order valence-corrected chi connectivity index (χ2v) is 4.14. The normalized spacial score (nSPS) is 43.9. The second kappa shape index (κ2) is 3.14. The molecule has 0 amide bonds. The van der Waals surface area contributed by atoms with E-state index in [0.29, 0.717) is 0 Å². The average Bonchev–Trinajstić information content (AvgIpc) is 2.36. The van der Waals surface area contributed by atoms with Gasteiger partial charge in [0.05, 0.1) is 0 Å². The Morgan fingerprint density at radius 1 is 1.09 bits per heavy atom. The zero-order chi connectivity index (χ0) is 7.68. The average molecular weight is 153 g/mol. The van der Waals surface area contributed by atoms with E-state index in [1.807, 2.05) is 0 Å². The standard InChI is InChI=1S/C10H19N/c1-2-9-3-6-11-7-4-10(9)5-8-11/h9-10H,2-8H2,1H3. The van der Waals surface area contributed by atoms with E-state index in [1.54, 1.807) is 0 Å². The summed E-state index contributed by atoms with van der Waals surface area (Å²) in [5, 5.41) is 0. The molecule has 0 aromatic heterocycles. The van der Waals surface area contributed by atoms with Gasteiger partial charge in [0.2, 0.25) is 0 Å². The van der Waals surface area contributed by atoms with Crippen LogP contribution in [0.5, 0.6) is 0 Å². The van der Waals surface area contributed by atoms with Gasteiger partial charge in [-0.15, -0.1) is 0 Å².